The maximum absolute atomic E-state index is 12.8. The van der Waals surface area contributed by atoms with Crippen LogP contribution in [-0.2, 0) is 9.84 Å². The Labute approximate surface area is 140 Å². The molecule has 2 fully saturated rings. The van der Waals surface area contributed by atoms with Crippen LogP contribution in [0.15, 0.2) is 24.5 Å². The van der Waals surface area contributed by atoms with E-state index in [1.807, 2.05) is 17.0 Å². The molecule has 7 nitrogen and oxygen atoms in total. The summed E-state index contributed by atoms with van der Waals surface area (Å²) < 4.78 is 23.3. The molecule has 2 aliphatic rings. The largest absolute Gasteiger partial charge is 0.345 e. The van der Waals surface area contributed by atoms with Crippen LogP contribution in [0.25, 0.3) is 11.0 Å². The summed E-state index contributed by atoms with van der Waals surface area (Å²) in [6.07, 6.45) is 4.13. The van der Waals surface area contributed by atoms with E-state index in [9.17, 15) is 13.2 Å². The Morgan fingerprint density at radius 3 is 2.75 bits per heavy atom. The first-order valence-corrected chi connectivity index (χ1v) is 10.0. The van der Waals surface area contributed by atoms with E-state index in [-0.39, 0.29) is 17.7 Å². The first-order valence-electron chi connectivity index (χ1n) is 8.19. The molecule has 0 unspecified atom stereocenters. The predicted octanol–water partition coefficient (Wildman–Crippen LogP) is 0.508. The smallest absolute Gasteiger partial charge is 0.256 e. The normalized spacial score (nSPS) is 24.5. The van der Waals surface area contributed by atoms with E-state index in [4.69, 9.17) is 0 Å². The number of carbonyl (C=O) groups is 1. The van der Waals surface area contributed by atoms with Crippen LogP contribution in [0.3, 0.4) is 0 Å². The van der Waals surface area contributed by atoms with Crippen LogP contribution in [0.2, 0.25) is 0 Å². The number of nitrogens with one attached hydrogen (secondary N) is 1. The van der Waals surface area contributed by atoms with Crippen molar-refractivity contribution in [1.82, 2.24) is 19.8 Å². The Bertz CT molecular complexity index is 868. The summed E-state index contributed by atoms with van der Waals surface area (Å²) in [6, 6.07) is 3.83. The number of rotatable bonds is 2. The van der Waals surface area contributed by atoms with Gasteiger partial charge in [-0.3, -0.25) is 9.69 Å². The second-order valence-electron chi connectivity index (χ2n) is 6.49. The number of hydrogen-bond acceptors (Lipinski definition) is 5. The first-order chi connectivity index (χ1) is 11.5. The van der Waals surface area contributed by atoms with Crippen molar-refractivity contribution in [3.05, 3.63) is 30.1 Å². The molecule has 0 saturated carbocycles. The second-order valence-corrected chi connectivity index (χ2v) is 8.72. The molecule has 0 bridgehead atoms. The van der Waals surface area contributed by atoms with E-state index >= 15 is 0 Å². The lowest BCUT2D eigenvalue weighted by molar-refractivity contribution is 0.0589. The van der Waals surface area contributed by atoms with Crippen molar-refractivity contribution in [1.29, 1.82) is 0 Å². The van der Waals surface area contributed by atoms with Crippen LogP contribution < -0.4 is 0 Å². The summed E-state index contributed by atoms with van der Waals surface area (Å²) in [5.41, 5.74) is 1.37. The maximum Gasteiger partial charge on any atom is 0.256 e. The molecule has 24 heavy (non-hydrogen) atoms. The number of nitrogens with zero attached hydrogens (tertiary/aromatic N) is 3. The fourth-order valence-electron chi connectivity index (χ4n) is 3.66. The zero-order valence-electron chi connectivity index (χ0n) is 13.3. The SMILES string of the molecule is O=C(c1c[nH]c2ncccc12)N1CCN([C@@H]2CCS(=O)(=O)C2)CC1. The zero-order chi connectivity index (χ0) is 16.7. The van der Waals surface area contributed by atoms with E-state index in [1.54, 1.807) is 12.4 Å². The number of H-pyrrole nitrogens is 1. The molecule has 128 valence electrons. The number of aromatic nitrogens is 2. The lowest BCUT2D eigenvalue weighted by atomic mass is 10.1. The predicted molar refractivity (Wildman–Crippen MR) is 90.6 cm³/mol. The monoisotopic (exact) mass is 348 g/mol. The van der Waals surface area contributed by atoms with E-state index in [1.165, 1.54) is 0 Å². The van der Waals surface area contributed by atoms with Gasteiger partial charge in [-0.1, -0.05) is 0 Å². The van der Waals surface area contributed by atoms with Gasteiger partial charge < -0.3 is 9.88 Å². The Balaban J connectivity index is 1.43. The van der Waals surface area contributed by atoms with Crippen molar-refractivity contribution in [2.75, 3.05) is 37.7 Å². The molecule has 2 aliphatic heterocycles. The van der Waals surface area contributed by atoms with Gasteiger partial charge >= 0.3 is 0 Å². The standard InChI is InChI=1S/C16H20N4O3S/c21-16(14-10-18-15-13(14)2-1-4-17-15)20-7-5-19(6-8-20)12-3-9-24(22,23)11-12/h1-2,4,10,12H,3,5-9,11H2,(H,17,18)/t12-/m1/s1. The topological polar surface area (TPSA) is 86.4 Å². The molecule has 2 saturated heterocycles. The average Bonchev–Trinajstić information content (AvgIpc) is 3.17. The van der Waals surface area contributed by atoms with E-state index < -0.39 is 9.84 Å². The molecule has 2 aromatic heterocycles. The van der Waals surface area contributed by atoms with Crippen LogP contribution in [0.1, 0.15) is 16.8 Å². The van der Waals surface area contributed by atoms with Gasteiger partial charge in [0.15, 0.2) is 9.84 Å². The van der Waals surface area contributed by atoms with Gasteiger partial charge in [-0.05, 0) is 18.6 Å². The van der Waals surface area contributed by atoms with E-state index in [0.717, 1.165) is 24.1 Å². The number of pyridine rings is 1. The van der Waals surface area contributed by atoms with Crippen LogP contribution >= 0.6 is 0 Å². The summed E-state index contributed by atoms with van der Waals surface area (Å²) in [4.78, 5) is 24.1. The highest BCUT2D eigenvalue weighted by molar-refractivity contribution is 7.91. The minimum absolute atomic E-state index is 0.00736. The number of sulfone groups is 1. The van der Waals surface area contributed by atoms with E-state index in [2.05, 4.69) is 14.9 Å². The van der Waals surface area contributed by atoms with Gasteiger partial charge in [0.05, 0.1) is 17.1 Å². The highest BCUT2D eigenvalue weighted by Crippen LogP contribution is 2.21. The van der Waals surface area contributed by atoms with Crippen molar-refractivity contribution >= 4 is 26.8 Å². The molecule has 1 N–H and O–H groups in total. The van der Waals surface area contributed by atoms with Crippen molar-refractivity contribution in [3.63, 3.8) is 0 Å². The third-order valence-electron chi connectivity index (χ3n) is 5.01. The number of amides is 1. The highest BCUT2D eigenvalue weighted by atomic mass is 32.2. The van der Waals surface area contributed by atoms with Crippen molar-refractivity contribution in [3.8, 4) is 0 Å². The molecule has 2 aromatic rings. The average molecular weight is 348 g/mol. The summed E-state index contributed by atoms with van der Waals surface area (Å²) in [7, 11) is -2.87. The van der Waals surface area contributed by atoms with Gasteiger partial charge in [-0.15, -0.1) is 0 Å². The van der Waals surface area contributed by atoms with Gasteiger partial charge in [-0.2, -0.15) is 0 Å². The van der Waals surface area contributed by atoms with Crippen molar-refractivity contribution < 1.29 is 13.2 Å². The Morgan fingerprint density at radius 2 is 2.04 bits per heavy atom. The molecule has 1 atom stereocenters. The molecule has 4 heterocycles. The Morgan fingerprint density at radius 1 is 1.25 bits per heavy atom. The van der Waals surface area contributed by atoms with Gasteiger partial charge in [0.25, 0.3) is 5.91 Å². The number of hydrogen-bond donors (Lipinski definition) is 1. The molecule has 4 rings (SSSR count). The van der Waals surface area contributed by atoms with Gasteiger partial charge in [0, 0.05) is 50.0 Å². The van der Waals surface area contributed by atoms with Gasteiger partial charge in [0.2, 0.25) is 0 Å². The van der Waals surface area contributed by atoms with Gasteiger partial charge in [0.1, 0.15) is 5.65 Å². The zero-order valence-corrected chi connectivity index (χ0v) is 14.1. The summed E-state index contributed by atoms with van der Waals surface area (Å²) >= 11 is 0. The number of aromatic amines is 1. The lowest BCUT2D eigenvalue weighted by Crippen LogP contribution is -2.52. The number of carbonyl (C=O) groups excluding carboxylic acids is 1. The fraction of sp³-hybridized carbons (Fsp3) is 0.500. The van der Waals surface area contributed by atoms with Crippen LogP contribution in [0, 0.1) is 0 Å². The molecule has 1 amide bonds. The van der Waals surface area contributed by atoms with E-state index in [0.29, 0.717) is 30.8 Å². The number of fused-ring (bicyclic) bond motifs is 1. The summed E-state index contributed by atoms with van der Waals surface area (Å²) in [5, 5.41) is 0.840. The lowest BCUT2D eigenvalue weighted by Gasteiger charge is -2.37. The molecule has 0 aromatic carbocycles. The molecule has 0 aliphatic carbocycles. The number of piperazine rings is 1. The molecule has 8 heteroatoms. The second kappa shape index (κ2) is 5.86. The van der Waals surface area contributed by atoms with Crippen molar-refractivity contribution in [2.45, 2.75) is 12.5 Å². The van der Waals surface area contributed by atoms with Crippen LogP contribution in [0.5, 0.6) is 0 Å². The Kier molecular flexibility index (Phi) is 3.80. The van der Waals surface area contributed by atoms with Crippen molar-refractivity contribution in [2.24, 2.45) is 0 Å². The van der Waals surface area contributed by atoms with Crippen LogP contribution in [0.4, 0.5) is 0 Å². The molecule has 0 radical (unpaired) electrons. The van der Waals surface area contributed by atoms with Gasteiger partial charge in [-0.25, -0.2) is 13.4 Å². The molecule has 0 spiro atoms. The Hall–Kier alpha value is -1.93. The maximum atomic E-state index is 12.8. The minimum Gasteiger partial charge on any atom is -0.345 e. The first kappa shape index (κ1) is 15.6. The minimum atomic E-state index is -2.87. The quantitative estimate of drug-likeness (QED) is 0.854. The third kappa shape index (κ3) is 2.80. The highest BCUT2D eigenvalue weighted by Gasteiger charge is 2.34. The summed E-state index contributed by atoms with van der Waals surface area (Å²) in [5.74, 6) is 0.557. The summed E-state index contributed by atoms with van der Waals surface area (Å²) in [6.45, 7) is 2.71. The molecular formula is C16H20N4O3S. The van der Waals surface area contributed by atoms with Crippen LogP contribution in [-0.4, -0.2) is 77.8 Å². The fourth-order valence-corrected chi connectivity index (χ4v) is 5.42. The molecular weight excluding hydrogens is 328 g/mol. The third-order valence-corrected chi connectivity index (χ3v) is 6.76.